The van der Waals surface area contributed by atoms with Crippen molar-refractivity contribution in [1.82, 2.24) is 44.3 Å². The summed E-state index contributed by atoms with van der Waals surface area (Å²) >= 11 is 0. The molecule has 17 nitrogen and oxygen atoms in total. The number of hydrogen-bond donors (Lipinski definition) is 2. The molecule has 2 atom stereocenters. The van der Waals surface area contributed by atoms with Crippen LogP contribution >= 0.6 is 0 Å². The fourth-order valence-electron chi connectivity index (χ4n) is 6.42. The molecule has 0 spiro atoms. The molecule has 0 radical (unpaired) electrons. The second-order valence-corrected chi connectivity index (χ2v) is 14.4. The molecule has 0 amide bonds. The second-order valence-electron chi connectivity index (χ2n) is 14.4. The molecule has 0 aromatic carbocycles. The molecular formula is C40H43FLiN11O6. The van der Waals surface area contributed by atoms with Gasteiger partial charge in [0.25, 0.3) is 0 Å². The first-order chi connectivity index (χ1) is 27.9. The number of carbonyl (C=O) groups is 3. The summed E-state index contributed by atoms with van der Waals surface area (Å²) in [6.45, 7) is 10.1. The molecule has 2 aliphatic heterocycles. The third kappa shape index (κ3) is 12.6. The number of nitrogens with zero attached hydrogens (tertiary/aromatic N) is 11. The summed E-state index contributed by atoms with van der Waals surface area (Å²) < 4.78 is 17.2. The van der Waals surface area contributed by atoms with E-state index in [0.717, 1.165) is 66.3 Å². The van der Waals surface area contributed by atoms with Crippen LogP contribution in [0.2, 0.25) is 0 Å². The van der Waals surface area contributed by atoms with E-state index in [4.69, 9.17) is 10.2 Å². The summed E-state index contributed by atoms with van der Waals surface area (Å²) in [7, 11) is 0. The molecule has 8 rings (SSSR count). The van der Waals surface area contributed by atoms with Gasteiger partial charge in [-0.3, -0.25) is 14.0 Å². The van der Waals surface area contributed by atoms with Crippen molar-refractivity contribution >= 4 is 29.5 Å². The van der Waals surface area contributed by atoms with Gasteiger partial charge < -0.3 is 29.9 Å². The topological polar surface area (TPSA) is 213 Å². The van der Waals surface area contributed by atoms with Gasteiger partial charge in [-0.05, 0) is 59.6 Å². The van der Waals surface area contributed by atoms with Gasteiger partial charge in [-0.1, -0.05) is 32.0 Å². The van der Waals surface area contributed by atoms with Crippen molar-refractivity contribution in [1.29, 1.82) is 0 Å². The molecule has 0 unspecified atom stereocenters. The van der Waals surface area contributed by atoms with Crippen LogP contribution in [0, 0.1) is 17.8 Å². The number of rotatable bonds is 11. The van der Waals surface area contributed by atoms with E-state index >= 15 is 0 Å². The number of halogens is 1. The molecule has 19 heteroatoms. The molecule has 6 aromatic heterocycles. The van der Waals surface area contributed by atoms with Crippen LogP contribution in [0.4, 0.5) is 16.0 Å². The average Bonchev–Trinajstić information content (AvgIpc) is 4.06. The molecule has 0 saturated carbocycles. The van der Waals surface area contributed by atoms with Crippen LogP contribution in [0.3, 0.4) is 0 Å². The molecular weight excluding hydrogens is 756 g/mol. The fourth-order valence-corrected chi connectivity index (χ4v) is 6.42. The molecule has 2 fully saturated rings. The number of carboxylic acids is 3. The van der Waals surface area contributed by atoms with Crippen molar-refractivity contribution in [3.05, 3.63) is 131 Å². The van der Waals surface area contributed by atoms with E-state index in [2.05, 4.69) is 53.9 Å². The Bertz CT molecular complexity index is 2180. The van der Waals surface area contributed by atoms with Crippen LogP contribution < -0.4 is 33.8 Å². The maximum atomic E-state index is 12.5. The molecule has 59 heavy (non-hydrogen) atoms. The van der Waals surface area contributed by atoms with Gasteiger partial charge in [-0.15, -0.1) is 0 Å². The third-order valence-electron chi connectivity index (χ3n) is 9.57. The number of hydrogen-bond acceptors (Lipinski definition) is 12. The van der Waals surface area contributed by atoms with Gasteiger partial charge in [0.2, 0.25) is 5.95 Å². The van der Waals surface area contributed by atoms with Gasteiger partial charge in [0, 0.05) is 68.9 Å². The second kappa shape index (κ2) is 20.3. The van der Waals surface area contributed by atoms with Gasteiger partial charge in [-0.25, -0.2) is 24.5 Å². The molecule has 8 heterocycles. The third-order valence-corrected chi connectivity index (χ3v) is 9.57. The van der Waals surface area contributed by atoms with Crippen LogP contribution in [-0.2, 0) is 19.6 Å². The molecule has 0 aliphatic carbocycles. The number of carbonyl (C=O) groups excluding carboxylic acids is 1. The van der Waals surface area contributed by atoms with Crippen LogP contribution in [0.25, 0.3) is 0 Å². The van der Waals surface area contributed by atoms with Crippen molar-refractivity contribution in [2.45, 2.75) is 46.3 Å². The predicted octanol–water partition coefficient (Wildman–Crippen LogP) is 0.575. The molecule has 302 valence electrons. The minimum atomic E-state index is -1.21. The smallest absolute Gasteiger partial charge is 0.545 e. The van der Waals surface area contributed by atoms with Crippen LogP contribution in [-0.4, -0.2) is 98.6 Å². The molecule has 2 saturated heterocycles. The summed E-state index contributed by atoms with van der Waals surface area (Å²) in [5.41, 5.74) is 3.15. The first-order valence-corrected chi connectivity index (χ1v) is 18.6. The van der Waals surface area contributed by atoms with E-state index in [1.807, 2.05) is 36.7 Å². The number of carboxylic acid groups (broad SMARTS) is 3. The zero-order valence-corrected chi connectivity index (χ0v) is 33.0. The Morgan fingerprint density at radius 2 is 1.02 bits per heavy atom. The maximum absolute atomic E-state index is 12.5. The number of aromatic carboxylic acids is 3. The summed E-state index contributed by atoms with van der Waals surface area (Å²) in [5.74, 6) is -0.285. The fraction of sp³-hybridized carbons (Fsp3) is 0.325. The zero-order valence-electron chi connectivity index (χ0n) is 33.0. The van der Waals surface area contributed by atoms with Crippen molar-refractivity contribution < 1.29 is 53.0 Å². The Balaban J connectivity index is 0.000000169. The molecule has 2 N–H and O–H groups in total. The van der Waals surface area contributed by atoms with Gasteiger partial charge in [0.15, 0.2) is 0 Å². The standard InChI is InChI=1S/2C15H18N4O2.C10H8FN3O2.Li/c2*1-11-4-5-18(8-11)14-3-2-12(6-16-14)9-19-10-13(7-17-19)15(20)21;11-9-2-1-7(3-12-9)5-14-6-8(4-13-14)10(15)16;/h2*2-3,6-7,10-11H,4-5,8-9H2,1H3,(H,20,21);1-4,6H,5H2,(H,15,16);/q;;;+1/p-1/t2*11-;;/m00../s1. The van der Waals surface area contributed by atoms with Crippen molar-refractivity contribution in [2.75, 3.05) is 36.0 Å². The average molecular weight is 800 g/mol. The van der Waals surface area contributed by atoms with Crippen LogP contribution in [0.15, 0.2) is 92.2 Å². The first kappa shape index (κ1) is 43.7. The Hall–Kier alpha value is -6.38. The van der Waals surface area contributed by atoms with Gasteiger partial charge >= 0.3 is 30.8 Å². The quantitative estimate of drug-likeness (QED) is 0.136. The summed E-state index contributed by atoms with van der Waals surface area (Å²) in [5, 5.41) is 40.2. The molecule has 6 aromatic rings. The van der Waals surface area contributed by atoms with Gasteiger partial charge in [-0.2, -0.15) is 19.7 Å². The van der Waals surface area contributed by atoms with Crippen molar-refractivity contribution in [2.24, 2.45) is 11.8 Å². The van der Waals surface area contributed by atoms with E-state index in [0.29, 0.717) is 19.6 Å². The summed E-state index contributed by atoms with van der Waals surface area (Å²) in [6, 6.07) is 10.9. The Morgan fingerprint density at radius 3 is 1.31 bits per heavy atom. The number of anilines is 2. The summed E-state index contributed by atoms with van der Waals surface area (Å²) in [4.78, 5) is 49.2. The van der Waals surface area contributed by atoms with Crippen molar-refractivity contribution in [3.63, 3.8) is 0 Å². The Labute approximate surface area is 351 Å². The minimum absolute atomic E-state index is 0. The molecule has 0 bridgehead atoms. The Kier molecular flexibility index (Phi) is 15.1. The van der Waals surface area contributed by atoms with E-state index in [9.17, 15) is 23.9 Å². The summed E-state index contributed by atoms with van der Waals surface area (Å²) in [6.07, 6.45) is 15.8. The normalized spacial score (nSPS) is 15.7. The monoisotopic (exact) mass is 799 g/mol. The van der Waals surface area contributed by atoms with E-state index in [1.165, 1.54) is 67.0 Å². The van der Waals surface area contributed by atoms with Crippen LogP contribution in [0.5, 0.6) is 0 Å². The van der Waals surface area contributed by atoms with E-state index in [1.54, 1.807) is 15.4 Å². The predicted molar refractivity (Wildman–Crippen MR) is 207 cm³/mol. The largest absolute Gasteiger partial charge is 1.00 e. The zero-order chi connectivity index (χ0) is 41.2. The number of aromatic nitrogens is 9. The SMILES string of the molecule is C[C@H]1CCN(c2ccc(Cn3cc(C(=O)O)cn3)cn2)C1.C[C@H]1CCN(c2ccc(Cn3cc(C(=O)[O-])cn3)cn2)C1.O=C(O)c1cnn(Cc2ccc(F)nc2)c1.[Li+]. The van der Waals surface area contributed by atoms with Gasteiger partial charge in [0.1, 0.15) is 11.6 Å². The minimum Gasteiger partial charge on any atom is -0.545 e. The van der Waals surface area contributed by atoms with E-state index < -0.39 is 23.9 Å². The van der Waals surface area contributed by atoms with Crippen molar-refractivity contribution in [3.8, 4) is 0 Å². The van der Waals surface area contributed by atoms with E-state index in [-0.39, 0.29) is 35.6 Å². The first-order valence-electron chi connectivity index (χ1n) is 18.6. The maximum Gasteiger partial charge on any atom is 1.00 e. The van der Waals surface area contributed by atoms with Gasteiger partial charge in [0.05, 0.1) is 55.3 Å². The Morgan fingerprint density at radius 1 is 0.627 bits per heavy atom. The molecule has 2 aliphatic rings. The van der Waals surface area contributed by atoms with Crippen LogP contribution in [0.1, 0.15) is 74.5 Å². The number of pyridine rings is 3.